The van der Waals surface area contributed by atoms with Gasteiger partial charge in [-0.1, -0.05) is 0 Å². The van der Waals surface area contributed by atoms with Crippen LogP contribution < -0.4 is 5.32 Å². The van der Waals surface area contributed by atoms with Crippen molar-refractivity contribution >= 4 is 28.3 Å². The van der Waals surface area contributed by atoms with E-state index in [0.29, 0.717) is 11.3 Å². The van der Waals surface area contributed by atoms with Gasteiger partial charge in [0.05, 0.1) is 35.7 Å². The highest BCUT2D eigenvalue weighted by Crippen LogP contribution is 2.25. The average Bonchev–Trinajstić information content (AvgIpc) is 3.11. The van der Waals surface area contributed by atoms with Crippen LogP contribution in [0.15, 0.2) is 42.5 Å². The largest absolute Gasteiger partial charge is 0.379 e. The number of nitrogens with zero attached hydrogens (tertiary/aromatic N) is 4. The number of amides is 1. The van der Waals surface area contributed by atoms with Gasteiger partial charge < -0.3 is 14.6 Å². The Kier molecular flexibility index (Phi) is 5.97. The smallest absolute Gasteiger partial charge is 0.269 e. The Morgan fingerprint density at radius 1 is 1.19 bits per heavy atom. The van der Waals surface area contributed by atoms with Gasteiger partial charge in [-0.05, 0) is 44.2 Å². The van der Waals surface area contributed by atoms with Gasteiger partial charge in [-0.2, -0.15) is 0 Å². The molecule has 2 heterocycles. The molecule has 0 atom stereocenters. The molecule has 0 spiro atoms. The summed E-state index contributed by atoms with van der Waals surface area (Å²) >= 11 is 0. The number of non-ortho nitro benzene ring substituents is 1. The monoisotopic (exact) mass is 423 g/mol. The van der Waals surface area contributed by atoms with Crippen molar-refractivity contribution in [3.63, 3.8) is 0 Å². The molecule has 1 fully saturated rings. The summed E-state index contributed by atoms with van der Waals surface area (Å²) in [6.07, 6.45) is 0. The van der Waals surface area contributed by atoms with Crippen molar-refractivity contribution in [2.75, 3.05) is 31.6 Å². The summed E-state index contributed by atoms with van der Waals surface area (Å²) in [6.45, 7) is 8.26. The summed E-state index contributed by atoms with van der Waals surface area (Å²) in [5.74, 6) is 0.664. The normalized spacial score (nSPS) is 14.8. The van der Waals surface area contributed by atoms with Gasteiger partial charge >= 0.3 is 0 Å². The van der Waals surface area contributed by atoms with Crippen LogP contribution in [0.3, 0.4) is 0 Å². The van der Waals surface area contributed by atoms with Crippen molar-refractivity contribution in [1.82, 2.24) is 14.5 Å². The molecule has 2 aromatic carbocycles. The second-order valence-electron chi connectivity index (χ2n) is 7.84. The molecule has 9 nitrogen and oxygen atoms in total. The zero-order valence-electron chi connectivity index (χ0n) is 17.6. The van der Waals surface area contributed by atoms with Crippen molar-refractivity contribution in [2.24, 2.45) is 0 Å². The Labute approximate surface area is 179 Å². The number of morpholine rings is 1. The Morgan fingerprint density at radius 3 is 2.55 bits per heavy atom. The van der Waals surface area contributed by atoms with Gasteiger partial charge in [-0.15, -0.1) is 0 Å². The van der Waals surface area contributed by atoms with Crippen molar-refractivity contribution < 1.29 is 14.5 Å². The third-order valence-electron chi connectivity index (χ3n) is 5.35. The summed E-state index contributed by atoms with van der Waals surface area (Å²) in [5, 5.41) is 13.6. The minimum Gasteiger partial charge on any atom is -0.379 e. The Hall–Kier alpha value is -3.30. The Bertz CT molecular complexity index is 1100. The molecule has 162 valence electrons. The zero-order valence-corrected chi connectivity index (χ0v) is 17.6. The number of nitrogens with one attached hydrogen (secondary N) is 1. The number of aromatic nitrogens is 2. The minimum absolute atomic E-state index is 0.0509. The highest BCUT2D eigenvalue weighted by molar-refractivity contribution is 6.05. The van der Waals surface area contributed by atoms with E-state index in [1.807, 2.05) is 18.2 Å². The molecule has 0 saturated carbocycles. The van der Waals surface area contributed by atoms with Crippen molar-refractivity contribution in [3.8, 4) is 0 Å². The number of benzene rings is 2. The number of carbonyl (C=O) groups excluding carboxylic acids is 1. The minimum atomic E-state index is -0.491. The molecule has 1 aromatic heterocycles. The van der Waals surface area contributed by atoms with Crippen LogP contribution in [0.1, 0.15) is 36.1 Å². The molecule has 1 saturated heterocycles. The number of hydrogen-bond acceptors (Lipinski definition) is 6. The number of nitro groups is 1. The number of nitro benzene ring substituents is 1. The second kappa shape index (κ2) is 8.83. The van der Waals surface area contributed by atoms with E-state index in [1.165, 1.54) is 24.3 Å². The van der Waals surface area contributed by atoms with E-state index in [4.69, 9.17) is 9.72 Å². The summed E-state index contributed by atoms with van der Waals surface area (Å²) < 4.78 is 7.67. The number of carbonyl (C=O) groups is 1. The number of hydrogen-bond donors (Lipinski definition) is 1. The second-order valence-corrected chi connectivity index (χ2v) is 7.84. The first kappa shape index (κ1) is 21.0. The van der Waals surface area contributed by atoms with Gasteiger partial charge in [-0.3, -0.25) is 19.8 Å². The highest BCUT2D eigenvalue weighted by Gasteiger charge is 2.19. The number of anilines is 1. The van der Waals surface area contributed by atoms with E-state index in [-0.39, 0.29) is 17.6 Å². The molecular formula is C22H25N5O4. The molecule has 1 aliphatic heterocycles. The molecular weight excluding hydrogens is 398 g/mol. The van der Waals surface area contributed by atoms with Crippen LogP contribution in [0.2, 0.25) is 0 Å². The predicted molar refractivity (Wildman–Crippen MR) is 117 cm³/mol. The lowest BCUT2D eigenvalue weighted by Gasteiger charge is -2.27. The molecule has 0 unspecified atom stereocenters. The van der Waals surface area contributed by atoms with Gasteiger partial charge in [0.15, 0.2) is 0 Å². The summed E-state index contributed by atoms with van der Waals surface area (Å²) in [5.41, 5.74) is 2.77. The average molecular weight is 423 g/mol. The summed E-state index contributed by atoms with van der Waals surface area (Å²) in [6, 6.07) is 11.5. The van der Waals surface area contributed by atoms with Gasteiger partial charge in [0.1, 0.15) is 5.82 Å². The van der Waals surface area contributed by atoms with E-state index >= 15 is 0 Å². The number of ether oxygens (including phenoxy) is 1. The van der Waals surface area contributed by atoms with Gasteiger partial charge in [0, 0.05) is 42.5 Å². The van der Waals surface area contributed by atoms with Gasteiger partial charge in [0.2, 0.25) is 0 Å². The van der Waals surface area contributed by atoms with E-state index in [0.717, 1.165) is 49.7 Å². The Balaban J connectivity index is 1.56. The first-order valence-electron chi connectivity index (χ1n) is 10.3. The molecule has 1 N–H and O–H groups in total. The zero-order chi connectivity index (χ0) is 22.0. The molecule has 31 heavy (non-hydrogen) atoms. The molecule has 0 aliphatic carbocycles. The first-order valence-corrected chi connectivity index (χ1v) is 10.3. The molecule has 3 aromatic rings. The van der Waals surface area contributed by atoms with E-state index < -0.39 is 4.92 Å². The first-order chi connectivity index (χ1) is 14.9. The quantitative estimate of drug-likeness (QED) is 0.480. The number of imidazole rings is 1. The van der Waals surface area contributed by atoms with E-state index in [2.05, 4.69) is 28.6 Å². The molecule has 1 aliphatic rings. The SMILES string of the molecule is CC(C)n1c(CN2CCOCC2)nc2cc(NC(=O)c3ccc([N+](=O)[O-])cc3)ccc21. The van der Waals surface area contributed by atoms with Gasteiger partial charge in [0.25, 0.3) is 11.6 Å². The molecule has 0 radical (unpaired) electrons. The van der Waals surface area contributed by atoms with Crippen LogP contribution in [0.5, 0.6) is 0 Å². The van der Waals surface area contributed by atoms with Crippen LogP contribution in [0, 0.1) is 10.1 Å². The van der Waals surface area contributed by atoms with Gasteiger partial charge in [-0.25, -0.2) is 4.98 Å². The van der Waals surface area contributed by atoms with Crippen molar-refractivity contribution in [1.29, 1.82) is 0 Å². The van der Waals surface area contributed by atoms with E-state index in [1.54, 1.807) is 0 Å². The lowest BCUT2D eigenvalue weighted by atomic mass is 10.2. The van der Waals surface area contributed by atoms with Crippen molar-refractivity contribution in [2.45, 2.75) is 26.4 Å². The standard InChI is InChI=1S/C22H25N5O4/c1-15(2)26-20-8-5-17(23-22(28)16-3-6-18(7-4-16)27(29)30)13-19(20)24-21(26)14-25-9-11-31-12-10-25/h3-8,13,15H,9-12,14H2,1-2H3,(H,23,28). The third-order valence-corrected chi connectivity index (χ3v) is 5.35. The lowest BCUT2D eigenvalue weighted by Crippen LogP contribution is -2.36. The fourth-order valence-corrected chi connectivity index (χ4v) is 3.81. The summed E-state index contributed by atoms with van der Waals surface area (Å²) in [4.78, 5) is 30.0. The van der Waals surface area contributed by atoms with E-state index in [9.17, 15) is 14.9 Å². The fraction of sp³-hybridized carbons (Fsp3) is 0.364. The van der Waals surface area contributed by atoms with Crippen LogP contribution >= 0.6 is 0 Å². The summed E-state index contributed by atoms with van der Waals surface area (Å²) in [7, 11) is 0. The molecule has 0 bridgehead atoms. The van der Waals surface area contributed by atoms with Crippen LogP contribution in [0.4, 0.5) is 11.4 Å². The van der Waals surface area contributed by atoms with Crippen LogP contribution in [-0.2, 0) is 11.3 Å². The molecule has 4 rings (SSSR count). The third kappa shape index (κ3) is 4.57. The fourth-order valence-electron chi connectivity index (χ4n) is 3.81. The van der Waals surface area contributed by atoms with Crippen LogP contribution in [0.25, 0.3) is 11.0 Å². The maximum absolute atomic E-state index is 12.5. The Morgan fingerprint density at radius 2 is 1.90 bits per heavy atom. The predicted octanol–water partition coefficient (Wildman–Crippen LogP) is 3.61. The van der Waals surface area contributed by atoms with Crippen LogP contribution in [-0.4, -0.2) is 51.6 Å². The number of fused-ring (bicyclic) bond motifs is 1. The maximum Gasteiger partial charge on any atom is 0.269 e. The number of rotatable bonds is 6. The topological polar surface area (TPSA) is 103 Å². The lowest BCUT2D eigenvalue weighted by molar-refractivity contribution is -0.384. The maximum atomic E-state index is 12.5. The molecule has 9 heteroatoms. The molecule has 1 amide bonds. The highest BCUT2D eigenvalue weighted by atomic mass is 16.6. The van der Waals surface area contributed by atoms with Crippen molar-refractivity contribution in [3.05, 3.63) is 64.0 Å².